The first-order valence-electron chi connectivity index (χ1n) is 6.42. The molecule has 6 nitrogen and oxygen atoms in total. The summed E-state index contributed by atoms with van der Waals surface area (Å²) in [5.74, 6) is 0.411. The summed E-state index contributed by atoms with van der Waals surface area (Å²) in [4.78, 5) is 24.2. The number of ether oxygens (including phenoxy) is 2. The van der Waals surface area contributed by atoms with Crippen molar-refractivity contribution < 1.29 is 19.1 Å². The molecule has 0 radical (unpaired) electrons. The van der Waals surface area contributed by atoms with E-state index in [0.717, 1.165) is 5.56 Å². The van der Waals surface area contributed by atoms with E-state index >= 15 is 0 Å². The van der Waals surface area contributed by atoms with Gasteiger partial charge in [-0.25, -0.2) is 4.79 Å². The second-order valence-corrected chi connectivity index (χ2v) is 4.79. The van der Waals surface area contributed by atoms with Gasteiger partial charge in [0, 0.05) is 7.05 Å². The number of hydrogen-bond acceptors (Lipinski definition) is 4. The molecule has 1 aromatic carbocycles. The van der Waals surface area contributed by atoms with Gasteiger partial charge in [0.2, 0.25) is 0 Å². The number of carbonyl (C=O) groups excluding carboxylic acids is 2. The van der Waals surface area contributed by atoms with Gasteiger partial charge >= 0.3 is 6.09 Å². The number of hydrogen-bond donors (Lipinski definition) is 1. The Labute approximate surface area is 117 Å². The third kappa shape index (κ3) is 3.88. The molecule has 1 aliphatic rings. The Hall–Kier alpha value is -2.24. The number of rotatable bonds is 5. The van der Waals surface area contributed by atoms with Crippen LogP contribution in [0.5, 0.6) is 5.75 Å². The van der Waals surface area contributed by atoms with Crippen LogP contribution in [-0.4, -0.2) is 49.7 Å². The van der Waals surface area contributed by atoms with E-state index in [1.807, 2.05) is 31.2 Å². The molecule has 0 saturated carbocycles. The molecule has 1 atom stereocenters. The first-order chi connectivity index (χ1) is 9.54. The van der Waals surface area contributed by atoms with Gasteiger partial charge in [-0.3, -0.25) is 4.79 Å². The maximum absolute atomic E-state index is 11.6. The molecule has 108 valence electrons. The fraction of sp³-hybridized carbons (Fsp3) is 0.429. The lowest BCUT2D eigenvalue weighted by atomic mass is 10.2. The quantitative estimate of drug-likeness (QED) is 0.870. The Bertz CT molecular complexity index is 486. The highest BCUT2D eigenvalue weighted by molar-refractivity contribution is 5.77. The highest BCUT2D eigenvalue weighted by Crippen LogP contribution is 2.11. The summed E-state index contributed by atoms with van der Waals surface area (Å²) in [6.45, 7) is 2.71. The first-order valence-corrected chi connectivity index (χ1v) is 6.42. The predicted molar refractivity (Wildman–Crippen MR) is 72.6 cm³/mol. The Morgan fingerprint density at radius 1 is 1.45 bits per heavy atom. The van der Waals surface area contributed by atoms with Gasteiger partial charge in [-0.2, -0.15) is 0 Å². The minimum Gasteiger partial charge on any atom is -0.484 e. The van der Waals surface area contributed by atoms with E-state index in [1.165, 1.54) is 4.90 Å². The van der Waals surface area contributed by atoms with Crippen LogP contribution < -0.4 is 10.1 Å². The number of cyclic esters (lactones) is 1. The molecule has 6 heteroatoms. The molecule has 1 aromatic rings. The zero-order valence-corrected chi connectivity index (χ0v) is 11.6. The normalized spacial score (nSPS) is 17.8. The van der Waals surface area contributed by atoms with Crippen LogP contribution >= 0.6 is 0 Å². The van der Waals surface area contributed by atoms with Gasteiger partial charge in [-0.05, 0) is 19.1 Å². The van der Waals surface area contributed by atoms with Crippen molar-refractivity contribution in [1.29, 1.82) is 0 Å². The molecule has 1 heterocycles. The lowest BCUT2D eigenvalue weighted by Gasteiger charge is -2.10. The number of benzene rings is 1. The van der Waals surface area contributed by atoms with Crippen molar-refractivity contribution >= 4 is 12.0 Å². The van der Waals surface area contributed by atoms with Crippen LogP contribution in [0.3, 0.4) is 0 Å². The number of nitrogens with zero attached hydrogens (tertiary/aromatic N) is 1. The minimum absolute atomic E-state index is 0.0560. The van der Waals surface area contributed by atoms with Gasteiger partial charge < -0.3 is 19.7 Å². The van der Waals surface area contributed by atoms with Crippen LogP contribution in [0, 0.1) is 6.92 Å². The van der Waals surface area contributed by atoms with Crippen molar-refractivity contribution in [2.45, 2.75) is 13.0 Å². The average molecular weight is 278 g/mol. The fourth-order valence-electron chi connectivity index (χ4n) is 1.82. The molecule has 20 heavy (non-hydrogen) atoms. The van der Waals surface area contributed by atoms with Gasteiger partial charge in [0.05, 0.1) is 13.1 Å². The Morgan fingerprint density at radius 3 is 2.75 bits per heavy atom. The molecule has 1 saturated heterocycles. The lowest BCUT2D eigenvalue weighted by molar-refractivity contribution is -0.123. The van der Waals surface area contributed by atoms with E-state index in [-0.39, 0.29) is 24.7 Å². The molecule has 0 spiro atoms. The maximum Gasteiger partial charge on any atom is 0.410 e. The smallest absolute Gasteiger partial charge is 0.410 e. The molecule has 0 bridgehead atoms. The van der Waals surface area contributed by atoms with E-state index in [9.17, 15) is 9.59 Å². The molecular weight excluding hydrogens is 260 g/mol. The van der Waals surface area contributed by atoms with Gasteiger partial charge in [0.25, 0.3) is 5.91 Å². The number of carbonyl (C=O) groups is 2. The molecule has 1 N–H and O–H groups in total. The molecule has 1 unspecified atom stereocenters. The van der Waals surface area contributed by atoms with E-state index in [1.54, 1.807) is 7.05 Å². The molecule has 2 amide bonds. The van der Waals surface area contributed by atoms with Crippen molar-refractivity contribution in [3.63, 3.8) is 0 Å². The minimum atomic E-state index is -0.361. The molecule has 0 aliphatic carbocycles. The van der Waals surface area contributed by atoms with Crippen molar-refractivity contribution in [2.24, 2.45) is 0 Å². The Balaban J connectivity index is 1.68. The predicted octanol–water partition coefficient (Wildman–Crippen LogP) is 0.941. The highest BCUT2D eigenvalue weighted by Gasteiger charge is 2.28. The van der Waals surface area contributed by atoms with Gasteiger partial charge in [-0.1, -0.05) is 17.7 Å². The van der Waals surface area contributed by atoms with E-state index in [4.69, 9.17) is 9.47 Å². The molecule has 0 aromatic heterocycles. The van der Waals surface area contributed by atoms with Crippen molar-refractivity contribution in [3.8, 4) is 5.75 Å². The topological polar surface area (TPSA) is 67.9 Å². The summed E-state index contributed by atoms with van der Waals surface area (Å²) in [7, 11) is 1.66. The average Bonchev–Trinajstić information content (AvgIpc) is 2.75. The van der Waals surface area contributed by atoms with Crippen LogP contribution in [0.2, 0.25) is 0 Å². The van der Waals surface area contributed by atoms with Crippen LogP contribution in [0.15, 0.2) is 24.3 Å². The van der Waals surface area contributed by atoms with Crippen LogP contribution in [0.1, 0.15) is 5.56 Å². The summed E-state index contributed by atoms with van der Waals surface area (Å²) in [6.07, 6.45) is -0.657. The number of aryl methyl sites for hydroxylation is 1. The van der Waals surface area contributed by atoms with Gasteiger partial charge in [-0.15, -0.1) is 0 Å². The van der Waals surface area contributed by atoms with Crippen LogP contribution in [0.25, 0.3) is 0 Å². The van der Waals surface area contributed by atoms with Crippen molar-refractivity contribution in [2.75, 3.05) is 26.7 Å². The summed E-state index contributed by atoms with van der Waals surface area (Å²) < 4.78 is 10.4. The van der Waals surface area contributed by atoms with E-state index < -0.39 is 0 Å². The highest BCUT2D eigenvalue weighted by atomic mass is 16.6. The van der Waals surface area contributed by atoms with Crippen molar-refractivity contribution in [3.05, 3.63) is 29.8 Å². The monoisotopic (exact) mass is 278 g/mol. The third-order valence-electron chi connectivity index (χ3n) is 2.97. The summed E-state index contributed by atoms with van der Waals surface area (Å²) in [6, 6.07) is 7.47. The second-order valence-electron chi connectivity index (χ2n) is 4.79. The third-order valence-corrected chi connectivity index (χ3v) is 2.97. The van der Waals surface area contributed by atoms with E-state index in [0.29, 0.717) is 18.8 Å². The molecule has 1 fully saturated rings. The zero-order valence-electron chi connectivity index (χ0n) is 11.6. The van der Waals surface area contributed by atoms with Crippen LogP contribution in [0.4, 0.5) is 4.79 Å². The number of nitrogens with one attached hydrogen (secondary N) is 1. The van der Waals surface area contributed by atoms with Crippen LogP contribution in [-0.2, 0) is 9.53 Å². The standard InChI is InChI=1S/C14H18N2O4/c1-10-3-5-11(6-4-10)19-9-13(17)15-7-12-8-16(2)14(18)20-12/h3-6,12H,7-9H2,1-2H3,(H,15,17). The fourth-order valence-corrected chi connectivity index (χ4v) is 1.82. The first kappa shape index (κ1) is 14.2. The Morgan fingerprint density at radius 2 is 2.15 bits per heavy atom. The van der Waals surface area contributed by atoms with Gasteiger partial charge in [0.1, 0.15) is 11.9 Å². The summed E-state index contributed by atoms with van der Waals surface area (Å²) >= 11 is 0. The maximum atomic E-state index is 11.6. The number of likely N-dealkylation sites (N-methyl/N-ethyl adjacent to an activating group) is 1. The second kappa shape index (κ2) is 6.27. The lowest BCUT2D eigenvalue weighted by Crippen LogP contribution is -2.36. The SMILES string of the molecule is Cc1ccc(OCC(=O)NCC2CN(C)C(=O)O2)cc1. The summed E-state index contributed by atoms with van der Waals surface area (Å²) in [5.41, 5.74) is 1.13. The molecular formula is C14H18N2O4. The Kier molecular flexibility index (Phi) is 4.45. The molecule has 1 aliphatic heterocycles. The zero-order chi connectivity index (χ0) is 14.5. The van der Waals surface area contributed by atoms with Crippen molar-refractivity contribution in [1.82, 2.24) is 10.2 Å². The summed E-state index contributed by atoms with van der Waals surface area (Å²) in [5, 5.41) is 2.68. The number of amides is 2. The van der Waals surface area contributed by atoms with Gasteiger partial charge in [0.15, 0.2) is 6.61 Å². The molecule has 2 rings (SSSR count). The largest absolute Gasteiger partial charge is 0.484 e. The van der Waals surface area contributed by atoms with E-state index in [2.05, 4.69) is 5.32 Å².